The highest BCUT2D eigenvalue weighted by molar-refractivity contribution is 5.36. The summed E-state index contributed by atoms with van der Waals surface area (Å²) in [7, 11) is 0. The smallest absolute Gasteiger partial charge is 0.403 e. The first-order valence-electron chi connectivity index (χ1n) is 3.38. The van der Waals surface area contributed by atoms with Crippen molar-refractivity contribution in [2.75, 3.05) is 0 Å². The second-order valence-electron chi connectivity index (χ2n) is 2.30. The van der Waals surface area contributed by atoms with E-state index >= 15 is 0 Å². The van der Waals surface area contributed by atoms with Crippen LogP contribution in [0.25, 0.3) is 0 Å². The van der Waals surface area contributed by atoms with Gasteiger partial charge in [0.15, 0.2) is 11.6 Å². The lowest BCUT2D eigenvalue weighted by Crippen LogP contribution is -2.17. The molecule has 0 atom stereocenters. The summed E-state index contributed by atoms with van der Waals surface area (Å²) < 4.78 is 51.1. The molecule has 0 radical (unpaired) electrons. The van der Waals surface area contributed by atoms with Crippen LogP contribution < -0.4 is 4.74 Å². The molecule has 0 fully saturated rings. The van der Waals surface area contributed by atoms with Gasteiger partial charge in [0.1, 0.15) is 0 Å². The van der Waals surface area contributed by atoms with Crippen LogP contribution in [0, 0.1) is 17.1 Å². The number of rotatable bonds is 1. The molecule has 1 aromatic carbocycles. The van der Waals surface area contributed by atoms with Crippen molar-refractivity contribution in [2.45, 2.75) is 6.36 Å². The van der Waals surface area contributed by atoms with Gasteiger partial charge >= 0.3 is 6.36 Å². The summed E-state index contributed by atoms with van der Waals surface area (Å²) in [5.74, 6) is -2.17. The molecule has 14 heavy (non-hydrogen) atoms. The van der Waals surface area contributed by atoms with Gasteiger partial charge < -0.3 is 4.74 Å². The monoisotopic (exact) mass is 205 g/mol. The van der Waals surface area contributed by atoms with Crippen LogP contribution in [0.1, 0.15) is 5.56 Å². The minimum atomic E-state index is -4.94. The third-order valence-electron chi connectivity index (χ3n) is 1.29. The maximum absolute atomic E-state index is 12.8. The highest BCUT2D eigenvalue weighted by atomic mass is 19.4. The highest BCUT2D eigenvalue weighted by Crippen LogP contribution is 2.25. The van der Waals surface area contributed by atoms with Crippen molar-refractivity contribution in [3.05, 3.63) is 29.6 Å². The lowest BCUT2D eigenvalue weighted by atomic mass is 10.2. The average molecular weight is 205 g/mol. The van der Waals surface area contributed by atoms with Crippen molar-refractivity contribution in [1.82, 2.24) is 0 Å². The molecule has 1 rings (SSSR count). The summed E-state index contributed by atoms with van der Waals surface area (Å²) >= 11 is 0. The number of halogens is 4. The van der Waals surface area contributed by atoms with Gasteiger partial charge in [-0.2, -0.15) is 5.26 Å². The molecule has 0 aliphatic heterocycles. The van der Waals surface area contributed by atoms with E-state index in [4.69, 9.17) is 5.26 Å². The zero-order valence-corrected chi connectivity index (χ0v) is 6.60. The fraction of sp³-hybridized carbons (Fsp3) is 0.125. The Balaban J connectivity index is 2.97. The number of alkyl halides is 3. The Labute approximate surface area is 76.3 Å². The topological polar surface area (TPSA) is 33.0 Å². The average Bonchev–Trinajstić information content (AvgIpc) is 2.06. The third kappa shape index (κ3) is 2.62. The molecule has 2 nitrogen and oxygen atoms in total. The number of hydrogen-bond acceptors (Lipinski definition) is 2. The molecular formula is C8H3F4NO. The Morgan fingerprint density at radius 2 is 1.93 bits per heavy atom. The van der Waals surface area contributed by atoms with Gasteiger partial charge in [-0.25, -0.2) is 4.39 Å². The summed E-state index contributed by atoms with van der Waals surface area (Å²) in [5, 5.41) is 8.31. The van der Waals surface area contributed by atoms with Crippen LogP contribution in [0.15, 0.2) is 18.2 Å². The van der Waals surface area contributed by atoms with Crippen molar-refractivity contribution in [3.8, 4) is 11.8 Å². The van der Waals surface area contributed by atoms with Gasteiger partial charge in [-0.1, -0.05) is 0 Å². The Morgan fingerprint density at radius 3 is 2.36 bits per heavy atom. The molecule has 0 aliphatic rings. The summed E-state index contributed by atoms with van der Waals surface area (Å²) in [6.07, 6.45) is -4.94. The number of hydrogen-bond donors (Lipinski definition) is 0. The lowest BCUT2D eigenvalue weighted by molar-refractivity contribution is -0.275. The number of nitriles is 1. The number of nitrogens with zero attached hydrogens (tertiary/aromatic N) is 1. The van der Waals surface area contributed by atoms with Crippen LogP contribution in [0.2, 0.25) is 0 Å². The lowest BCUT2D eigenvalue weighted by Gasteiger charge is -2.08. The van der Waals surface area contributed by atoms with Gasteiger partial charge in [0.05, 0.1) is 11.6 Å². The minimum Gasteiger partial charge on any atom is -0.403 e. The molecule has 0 heterocycles. The van der Waals surface area contributed by atoms with Crippen LogP contribution in [0.3, 0.4) is 0 Å². The van der Waals surface area contributed by atoms with E-state index in [0.29, 0.717) is 6.07 Å². The second kappa shape index (κ2) is 3.54. The summed E-state index contributed by atoms with van der Waals surface area (Å²) in [4.78, 5) is 0. The minimum absolute atomic E-state index is 0.0722. The quantitative estimate of drug-likeness (QED) is 0.660. The van der Waals surface area contributed by atoms with Crippen LogP contribution >= 0.6 is 0 Å². The van der Waals surface area contributed by atoms with Crippen molar-refractivity contribution < 1.29 is 22.3 Å². The molecule has 0 saturated carbocycles. The van der Waals surface area contributed by atoms with Crippen molar-refractivity contribution >= 4 is 0 Å². The van der Waals surface area contributed by atoms with E-state index in [1.165, 1.54) is 0 Å². The van der Waals surface area contributed by atoms with Crippen molar-refractivity contribution in [1.29, 1.82) is 5.26 Å². The van der Waals surface area contributed by atoms with Crippen LogP contribution in [0.4, 0.5) is 17.6 Å². The molecular weight excluding hydrogens is 202 g/mol. The Hall–Kier alpha value is -1.77. The zero-order chi connectivity index (χ0) is 10.8. The Bertz CT molecular complexity index is 380. The highest BCUT2D eigenvalue weighted by Gasteiger charge is 2.32. The summed E-state index contributed by atoms with van der Waals surface area (Å²) in [5.41, 5.74) is -0.0722. The molecule has 0 amide bonds. The van der Waals surface area contributed by atoms with Gasteiger partial charge in [-0.3, -0.25) is 0 Å². The van der Waals surface area contributed by atoms with Crippen LogP contribution in [-0.4, -0.2) is 6.36 Å². The predicted octanol–water partition coefficient (Wildman–Crippen LogP) is 2.60. The maximum Gasteiger partial charge on any atom is 0.573 e. The van der Waals surface area contributed by atoms with E-state index in [0.717, 1.165) is 12.1 Å². The molecule has 0 aliphatic carbocycles. The molecule has 0 N–H and O–H groups in total. The fourth-order valence-electron chi connectivity index (χ4n) is 0.778. The van der Waals surface area contributed by atoms with E-state index in [9.17, 15) is 17.6 Å². The SMILES string of the molecule is N#Cc1ccc(OC(F)(F)F)c(F)c1. The van der Waals surface area contributed by atoms with Gasteiger partial charge in [0, 0.05) is 0 Å². The molecule has 0 spiro atoms. The Kier molecular flexibility index (Phi) is 2.60. The first-order chi connectivity index (χ1) is 6.42. The van der Waals surface area contributed by atoms with Crippen LogP contribution in [0.5, 0.6) is 5.75 Å². The normalized spacial score (nSPS) is 10.8. The second-order valence-corrected chi connectivity index (χ2v) is 2.30. The van der Waals surface area contributed by atoms with Crippen molar-refractivity contribution in [2.24, 2.45) is 0 Å². The first-order valence-corrected chi connectivity index (χ1v) is 3.38. The maximum atomic E-state index is 12.8. The summed E-state index contributed by atoms with van der Waals surface area (Å²) in [6, 6.07) is 4.03. The molecule has 0 unspecified atom stereocenters. The summed E-state index contributed by atoms with van der Waals surface area (Å²) in [6.45, 7) is 0. The fourth-order valence-corrected chi connectivity index (χ4v) is 0.778. The number of ether oxygens (including phenoxy) is 1. The van der Waals surface area contributed by atoms with E-state index in [2.05, 4.69) is 4.74 Å². The van der Waals surface area contributed by atoms with Gasteiger partial charge in [-0.05, 0) is 18.2 Å². The third-order valence-corrected chi connectivity index (χ3v) is 1.29. The molecule has 6 heteroatoms. The molecule has 1 aromatic rings. The van der Waals surface area contributed by atoms with Gasteiger partial charge in [0.25, 0.3) is 0 Å². The molecule has 74 valence electrons. The molecule has 0 bridgehead atoms. The van der Waals surface area contributed by atoms with Gasteiger partial charge in [0.2, 0.25) is 0 Å². The van der Waals surface area contributed by atoms with E-state index in [1.54, 1.807) is 6.07 Å². The standard InChI is InChI=1S/C8H3F4NO/c9-6-3-5(4-13)1-2-7(6)14-8(10,11)12/h1-3H. The molecule has 0 aromatic heterocycles. The Morgan fingerprint density at radius 1 is 1.29 bits per heavy atom. The molecule has 0 saturated heterocycles. The predicted molar refractivity (Wildman–Crippen MR) is 37.8 cm³/mol. The largest absolute Gasteiger partial charge is 0.573 e. The zero-order valence-electron chi connectivity index (χ0n) is 6.60. The van der Waals surface area contributed by atoms with Crippen LogP contribution in [-0.2, 0) is 0 Å². The first kappa shape index (κ1) is 10.3. The van der Waals surface area contributed by atoms with E-state index in [-0.39, 0.29) is 5.56 Å². The number of benzene rings is 1. The van der Waals surface area contributed by atoms with E-state index < -0.39 is 17.9 Å². The van der Waals surface area contributed by atoms with Gasteiger partial charge in [-0.15, -0.1) is 13.2 Å². The van der Waals surface area contributed by atoms with Crippen molar-refractivity contribution in [3.63, 3.8) is 0 Å². The van der Waals surface area contributed by atoms with E-state index in [1.807, 2.05) is 0 Å².